The molecule has 0 saturated heterocycles. The third-order valence-corrected chi connectivity index (χ3v) is 3.08. The van der Waals surface area contributed by atoms with Gasteiger partial charge in [-0.1, -0.05) is 0 Å². The monoisotopic (exact) mass is 213 g/mol. The first-order chi connectivity index (χ1) is 6.61. The Balaban J connectivity index is 2.81. The van der Waals surface area contributed by atoms with E-state index in [1.807, 2.05) is 14.0 Å². The van der Waals surface area contributed by atoms with Gasteiger partial charge in [0.05, 0.1) is 11.6 Å². The van der Waals surface area contributed by atoms with Gasteiger partial charge in [0.15, 0.2) is 0 Å². The first-order valence-corrected chi connectivity index (χ1v) is 5.89. The van der Waals surface area contributed by atoms with Crippen LogP contribution in [0.4, 0.5) is 0 Å². The summed E-state index contributed by atoms with van der Waals surface area (Å²) in [4.78, 5) is 0. The Morgan fingerprint density at radius 3 is 2.71 bits per heavy atom. The molecule has 0 radical (unpaired) electrons. The van der Waals surface area contributed by atoms with Crippen molar-refractivity contribution >= 4 is 11.3 Å². The van der Waals surface area contributed by atoms with Crippen LogP contribution >= 0.6 is 11.3 Å². The predicted molar refractivity (Wildman–Crippen MR) is 61.8 cm³/mol. The molecular weight excluding hydrogens is 194 g/mol. The molecule has 1 unspecified atom stereocenters. The van der Waals surface area contributed by atoms with Gasteiger partial charge in [-0.15, -0.1) is 0 Å². The summed E-state index contributed by atoms with van der Waals surface area (Å²) in [6.07, 6.45) is 0. The fraction of sp³-hybridized carbons (Fsp3) is 0.636. The van der Waals surface area contributed by atoms with Gasteiger partial charge in [0.25, 0.3) is 0 Å². The van der Waals surface area contributed by atoms with Gasteiger partial charge in [-0.25, -0.2) is 0 Å². The van der Waals surface area contributed by atoms with E-state index in [0.29, 0.717) is 0 Å². The van der Waals surface area contributed by atoms with Crippen molar-refractivity contribution in [3.8, 4) is 0 Å². The second-order valence-corrected chi connectivity index (χ2v) is 4.59. The van der Waals surface area contributed by atoms with Gasteiger partial charge < -0.3 is 10.1 Å². The van der Waals surface area contributed by atoms with Crippen LogP contribution in [0.5, 0.6) is 0 Å². The minimum absolute atomic E-state index is 0.162. The van der Waals surface area contributed by atoms with Crippen molar-refractivity contribution in [3.63, 3.8) is 0 Å². The van der Waals surface area contributed by atoms with E-state index in [0.717, 1.165) is 6.61 Å². The topological polar surface area (TPSA) is 21.3 Å². The van der Waals surface area contributed by atoms with Crippen LogP contribution in [-0.2, 0) is 4.74 Å². The maximum absolute atomic E-state index is 5.75. The predicted octanol–water partition coefficient (Wildman–Crippen LogP) is 2.82. The fourth-order valence-corrected chi connectivity index (χ4v) is 2.50. The Morgan fingerprint density at radius 1 is 1.57 bits per heavy atom. The number of nitrogens with one attached hydrogen (secondary N) is 1. The van der Waals surface area contributed by atoms with Crippen LogP contribution in [0.1, 0.15) is 32.4 Å². The Bertz CT molecular complexity index is 256. The smallest absolute Gasteiger partial charge is 0.0820 e. The highest BCUT2D eigenvalue weighted by Gasteiger charge is 2.30. The highest BCUT2D eigenvalue weighted by Crippen LogP contribution is 2.29. The molecule has 1 aromatic heterocycles. The SMILES string of the molecule is CCOC(C)(C)C(NC)c1ccsc1. The third-order valence-electron chi connectivity index (χ3n) is 2.38. The Labute approximate surface area is 90.3 Å². The average molecular weight is 213 g/mol. The van der Waals surface area contributed by atoms with Gasteiger partial charge >= 0.3 is 0 Å². The second kappa shape index (κ2) is 4.91. The molecular formula is C11H19NOS. The van der Waals surface area contributed by atoms with Gasteiger partial charge in [0.2, 0.25) is 0 Å². The maximum atomic E-state index is 5.75. The van der Waals surface area contributed by atoms with Crippen molar-refractivity contribution < 1.29 is 4.74 Å². The highest BCUT2D eigenvalue weighted by molar-refractivity contribution is 7.07. The Hall–Kier alpha value is -0.380. The van der Waals surface area contributed by atoms with E-state index in [2.05, 4.69) is 36.0 Å². The molecule has 1 aromatic rings. The number of thiophene rings is 1. The lowest BCUT2D eigenvalue weighted by molar-refractivity contribution is -0.0373. The number of likely N-dealkylation sites (N-methyl/N-ethyl adjacent to an activating group) is 1. The zero-order valence-corrected chi connectivity index (χ0v) is 10.1. The van der Waals surface area contributed by atoms with Crippen LogP contribution in [0.25, 0.3) is 0 Å². The van der Waals surface area contributed by atoms with Crippen molar-refractivity contribution in [1.29, 1.82) is 0 Å². The van der Waals surface area contributed by atoms with Gasteiger partial charge in [0, 0.05) is 6.61 Å². The molecule has 0 aliphatic rings. The van der Waals surface area contributed by atoms with Gasteiger partial charge in [0.1, 0.15) is 0 Å². The molecule has 0 aliphatic heterocycles. The number of ether oxygens (including phenoxy) is 1. The minimum atomic E-state index is -0.162. The van der Waals surface area contributed by atoms with Crippen LogP contribution in [0.2, 0.25) is 0 Å². The quantitative estimate of drug-likeness (QED) is 0.812. The van der Waals surface area contributed by atoms with Crippen molar-refractivity contribution in [1.82, 2.24) is 5.32 Å². The zero-order valence-electron chi connectivity index (χ0n) is 9.33. The molecule has 1 atom stereocenters. The van der Waals surface area contributed by atoms with E-state index >= 15 is 0 Å². The normalized spacial score (nSPS) is 14.3. The Kier molecular flexibility index (Phi) is 4.11. The molecule has 0 spiro atoms. The van der Waals surface area contributed by atoms with E-state index in [1.54, 1.807) is 11.3 Å². The number of rotatable bonds is 5. The molecule has 0 saturated carbocycles. The summed E-state index contributed by atoms with van der Waals surface area (Å²) in [6.45, 7) is 7.02. The van der Waals surface area contributed by atoms with Crippen molar-refractivity contribution in [2.75, 3.05) is 13.7 Å². The van der Waals surface area contributed by atoms with Crippen LogP contribution < -0.4 is 5.32 Å². The maximum Gasteiger partial charge on any atom is 0.0820 e. The highest BCUT2D eigenvalue weighted by atomic mass is 32.1. The lowest BCUT2D eigenvalue weighted by Gasteiger charge is -2.33. The lowest BCUT2D eigenvalue weighted by Crippen LogP contribution is -2.39. The number of hydrogen-bond acceptors (Lipinski definition) is 3. The molecule has 1 N–H and O–H groups in total. The average Bonchev–Trinajstić information content (AvgIpc) is 2.57. The summed E-state index contributed by atoms with van der Waals surface area (Å²) in [5, 5.41) is 7.58. The summed E-state index contributed by atoms with van der Waals surface area (Å²) in [5.74, 6) is 0. The van der Waals surface area contributed by atoms with Crippen molar-refractivity contribution in [2.45, 2.75) is 32.4 Å². The molecule has 14 heavy (non-hydrogen) atoms. The zero-order chi connectivity index (χ0) is 10.6. The van der Waals surface area contributed by atoms with Gasteiger partial charge in [-0.2, -0.15) is 11.3 Å². The molecule has 0 amide bonds. The lowest BCUT2D eigenvalue weighted by atomic mass is 9.93. The first-order valence-electron chi connectivity index (χ1n) is 4.95. The first kappa shape index (κ1) is 11.7. The summed E-state index contributed by atoms with van der Waals surface area (Å²) in [5.41, 5.74) is 1.14. The minimum Gasteiger partial charge on any atom is -0.374 e. The molecule has 0 aliphatic carbocycles. The summed E-state index contributed by atoms with van der Waals surface area (Å²) >= 11 is 1.72. The summed E-state index contributed by atoms with van der Waals surface area (Å²) in [7, 11) is 1.98. The molecule has 0 aromatic carbocycles. The number of hydrogen-bond donors (Lipinski definition) is 1. The molecule has 0 fully saturated rings. The molecule has 1 heterocycles. The summed E-state index contributed by atoms with van der Waals surface area (Å²) in [6, 6.07) is 2.40. The molecule has 1 rings (SSSR count). The van der Waals surface area contributed by atoms with Crippen LogP contribution in [0.15, 0.2) is 16.8 Å². The van der Waals surface area contributed by atoms with Crippen molar-refractivity contribution in [2.24, 2.45) is 0 Å². The van der Waals surface area contributed by atoms with Crippen molar-refractivity contribution in [3.05, 3.63) is 22.4 Å². The summed E-state index contributed by atoms with van der Waals surface area (Å²) < 4.78 is 5.75. The van der Waals surface area contributed by atoms with E-state index < -0.39 is 0 Å². The fourth-order valence-electron chi connectivity index (χ4n) is 1.81. The van der Waals surface area contributed by atoms with Gasteiger partial charge in [-0.05, 0) is 50.2 Å². The Morgan fingerprint density at radius 2 is 2.29 bits per heavy atom. The van der Waals surface area contributed by atoms with Crippen LogP contribution in [0, 0.1) is 0 Å². The largest absolute Gasteiger partial charge is 0.374 e. The van der Waals surface area contributed by atoms with Crippen LogP contribution in [-0.4, -0.2) is 19.3 Å². The molecule has 3 heteroatoms. The molecule has 0 bridgehead atoms. The molecule has 80 valence electrons. The van der Waals surface area contributed by atoms with E-state index in [9.17, 15) is 0 Å². The standard InChI is InChI=1S/C11H19NOS/c1-5-13-11(2,3)10(12-4)9-6-7-14-8-9/h6-8,10,12H,5H2,1-4H3. The van der Waals surface area contributed by atoms with Crippen LogP contribution in [0.3, 0.4) is 0 Å². The molecule has 2 nitrogen and oxygen atoms in total. The van der Waals surface area contributed by atoms with E-state index in [-0.39, 0.29) is 11.6 Å². The van der Waals surface area contributed by atoms with Gasteiger partial charge in [-0.3, -0.25) is 0 Å². The second-order valence-electron chi connectivity index (χ2n) is 3.81. The van der Waals surface area contributed by atoms with E-state index in [1.165, 1.54) is 5.56 Å². The van der Waals surface area contributed by atoms with E-state index in [4.69, 9.17) is 4.74 Å². The third kappa shape index (κ3) is 2.56.